The lowest BCUT2D eigenvalue weighted by Crippen LogP contribution is -2.27. The van der Waals surface area contributed by atoms with Crippen molar-refractivity contribution in [3.63, 3.8) is 0 Å². The van der Waals surface area contributed by atoms with E-state index in [1.54, 1.807) is 0 Å². The molecular weight excluding hydrogens is 196 g/mol. The molecule has 0 aromatic heterocycles. The van der Waals surface area contributed by atoms with Gasteiger partial charge >= 0.3 is 0 Å². The summed E-state index contributed by atoms with van der Waals surface area (Å²) < 4.78 is 0. The minimum Gasteiger partial charge on any atom is -0.165 e. The van der Waals surface area contributed by atoms with Crippen LogP contribution in [-0.2, 0) is 0 Å². The molecule has 0 saturated heterocycles. The van der Waals surface area contributed by atoms with Gasteiger partial charge in [0.1, 0.15) is 0 Å². The van der Waals surface area contributed by atoms with Gasteiger partial charge in [-0.1, -0.05) is 54.6 Å². The van der Waals surface area contributed by atoms with Gasteiger partial charge in [0.05, 0.1) is 0 Å². The zero-order chi connectivity index (χ0) is 9.10. The highest BCUT2D eigenvalue weighted by Crippen LogP contribution is 2.21. The average molecular weight is 207 g/mol. The van der Waals surface area contributed by atoms with Crippen LogP contribution in [0.1, 0.15) is 0 Å². The van der Waals surface area contributed by atoms with Crippen LogP contribution in [0.3, 0.4) is 0 Å². The topological polar surface area (TPSA) is 0 Å². The van der Waals surface area contributed by atoms with Crippen molar-refractivity contribution in [3.05, 3.63) is 54.6 Å². The molecule has 0 heterocycles. The normalized spacial score (nSPS) is 17.9. The number of halogens is 1. The summed E-state index contributed by atoms with van der Waals surface area (Å²) >= 11 is 6.45. The molecule has 1 aliphatic rings. The Bertz CT molecular complexity index is 317. The molecule has 0 saturated carbocycles. The molecule has 1 atom stereocenters. The van der Waals surface area contributed by atoms with E-state index in [0.717, 1.165) is 0 Å². The number of hydrogen-bond donors (Lipinski definition) is 0. The molecule has 13 heavy (non-hydrogen) atoms. The first-order valence-corrected chi connectivity index (χ1v) is 7.41. The Morgan fingerprint density at radius 1 is 1.00 bits per heavy atom. The maximum atomic E-state index is 6.45. The van der Waals surface area contributed by atoms with Crippen LogP contribution in [0.4, 0.5) is 0 Å². The fourth-order valence-electron chi connectivity index (χ4n) is 1.50. The van der Waals surface area contributed by atoms with Gasteiger partial charge in [-0.15, -0.1) is 0 Å². The summed E-state index contributed by atoms with van der Waals surface area (Å²) in [5.74, 6) is 0. The van der Waals surface area contributed by atoms with Crippen molar-refractivity contribution in [1.29, 1.82) is 0 Å². The van der Waals surface area contributed by atoms with Crippen molar-refractivity contribution in [2.75, 3.05) is 0 Å². The highest BCUT2D eigenvalue weighted by atomic mass is 35.6. The van der Waals surface area contributed by atoms with E-state index in [1.165, 1.54) is 5.19 Å². The van der Waals surface area contributed by atoms with Crippen LogP contribution < -0.4 is 5.19 Å². The second-order valence-corrected chi connectivity index (χ2v) is 6.81. The summed E-state index contributed by atoms with van der Waals surface area (Å²) in [4.78, 5) is 0. The fourth-order valence-corrected chi connectivity index (χ4v) is 4.12. The van der Waals surface area contributed by atoms with Crippen LogP contribution in [0.25, 0.3) is 0 Å². The second-order valence-electron chi connectivity index (χ2n) is 3.16. The first-order chi connectivity index (χ1) is 6.38. The van der Waals surface area contributed by atoms with E-state index >= 15 is 0 Å². The standard InChI is InChI=1S/C11H11ClSi/c12-13(11-8-4-5-9-11)10-6-2-1-3-7-10/h1-9,11,13H. The molecule has 2 rings (SSSR count). The minimum atomic E-state index is -1.31. The van der Waals surface area contributed by atoms with Gasteiger partial charge in [0, 0.05) is 5.54 Å². The maximum absolute atomic E-state index is 6.45. The van der Waals surface area contributed by atoms with Crippen LogP contribution in [0.5, 0.6) is 0 Å². The van der Waals surface area contributed by atoms with Crippen LogP contribution in [0.2, 0.25) is 5.54 Å². The lowest BCUT2D eigenvalue weighted by atomic mass is 10.4. The van der Waals surface area contributed by atoms with Crippen LogP contribution in [0.15, 0.2) is 54.6 Å². The largest absolute Gasteiger partial charge is 0.181 e. The van der Waals surface area contributed by atoms with E-state index in [0.29, 0.717) is 5.54 Å². The molecule has 0 radical (unpaired) electrons. The van der Waals surface area contributed by atoms with E-state index in [2.05, 4.69) is 48.6 Å². The lowest BCUT2D eigenvalue weighted by Gasteiger charge is -2.11. The quantitative estimate of drug-likeness (QED) is 0.515. The van der Waals surface area contributed by atoms with Crippen LogP contribution in [-0.4, -0.2) is 8.11 Å². The Kier molecular flexibility index (Phi) is 2.67. The summed E-state index contributed by atoms with van der Waals surface area (Å²) in [5, 5.41) is 1.32. The summed E-state index contributed by atoms with van der Waals surface area (Å²) in [6, 6.07) is 10.4. The van der Waals surface area contributed by atoms with Crippen molar-refractivity contribution in [1.82, 2.24) is 0 Å². The third-order valence-electron chi connectivity index (χ3n) is 2.23. The Balaban J connectivity index is 2.18. The molecule has 0 amide bonds. The van der Waals surface area contributed by atoms with Gasteiger partial charge in [-0.25, -0.2) is 0 Å². The van der Waals surface area contributed by atoms with Gasteiger partial charge in [-0.2, -0.15) is 11.1 Å². The van der Waals surface area contributed by atoms with Crippen molar-refractivity contribution < 1.29 is 0 Å². The number of benzene rings is 1. The average Bonchev–Trinajstić information content (AvgIpc) is 2.71. The molecular formula is C11H11ClSi. The van der Waals surface area contributed by atoms with Crippen molar-refractivity contribution in [3.8, 4) is 0 Å². The second kappa shape index (κ2) is 3.94. The summed E-state index contributed by atoms with van der Waals surface area (Å²) in [5.41, 5.74) is 0.490. The predicted octanol–water partition coefficient (Wildman–Crippen LogP) is 2.35. The zero-order valence-electron chi connectivity index (χ0n) is 7.23. The number of rotatable bonds is 2. The van der Waals surface area contributed by atoms with Crippen molar-refractivity contribution >= 4 is 24.4 Å². The van der Waals surface area contributed by atoms with Gasteiger partial charge in [-0.3, -0.25) is 0 Å². The summed E-state index contributed by atoms with van der Waals surface area (Å²) in [6.45, 7) is 0. The lowest BCUT2D eigenvalue weighted by molar-refractivity contribution is 1.39. The van der Waals surface area contributed by atoms with Crippen LogP contribution in [0, 0.1) is 0 Å². The molecule has 0 N–H and O–H groups in total. The first kappa shape index (κ1) is 8.79. The van der Waals surface area contributed by atoms with E-state index < -0.39 is 8.11 Å². The summed E-state index contributed by atoms with van der Waals surface area (Å²) in [7, 11) is -1.31. The maximum Gasteiger partial charge on any atom is 0.181 e. The van der Waals surface area contributed by atoms with Crippen molar-refractivity contribution in [2.24, 2.45) is 0 Å². The Labute approximate surface area is 84.9 Å². The van der Waals surface area contributed by atoms with Gasteiger partial charge in [0.2, 0.25) is 0 Å². The molecule has 0 aliphatic heterocycles. The molecule has 1 aromatic carbocycles. The summed E-state index contributed by atoms with van der Waals surface area (Å²) in [6.07, 6.45) is 8.54. The molecule has 0 nitrogen and oxygen atoms in total. The predicted molar refractivity (Wildman–Crippen MR) is 61.1 cm³/mol. The van der Waals surface area contributed by atoms with E-state index in [1.807, 2.05) is 6.07 Å². The van der Waals surface area contributed by atoms with Gasteiger partial charge in [0.25, 0.3) is 0 Å². The molecule has 1 unspecified atom stereocenters. The van der Waals surface area contributed by atoms with E-state index in [4.69, 9.17) is 11.1 Å². The smallest absolute Gasteiger partial charge is 0.165 e. The fraction of sp³-hybridized carbons (Fsp3) is 0.0909. The molecule has 2 heteroatoms. The van der Waals surface area contributed by atoms with Crippen molar-refractivity contribution in [2.45, 2.75) is 5.54 Å². The Morgan fingerprint density at radius 3 is 2.23 bits per heavy atom. The molecule has 1 aromatic rings. The zero-order valence-corrected chi connectivity index (χ0v) is 9.14. The number of hydrogen-bond acceptors (Lipinski definition) is 0. The van der Waals surface area contributed by atoms with Crippen LogP contribution >= 0.6 is 11.1 Å². The van der Waals surface area contributed by atoms with Gasteiger partial charge < -0.3 is 0 Å². The monoisotopic (exact) mass is 206 g/mol. The minimum absolute atomic E-state index is 0.490. The SMILES string of the molecule is Cl[SiH](c1ccccc1)C1C=CC=C1. The third-order valence-corrected chi connectivity index (χ3v) is 6.00. The molecule has 66 valence electrons. The first-order valence-electron chi connectivity index (χ1n) is 4.42. The van der Waals surface area contributed by atoms with E-state index in [-0.39, 0.29) is 0 Å². The molecule has 0 fully saturated rings. The molecule has 1 aliphatic carbocycles. The number of allylic oxidation sites excluding steroid dienone is 4. The van der Waals surface area contributed by atoms with Gasteiger partial charge in [0.15, 0.2) is 8.11 Å². The highest BCUT2D eigenvalue weighted by molar-refractivity contribution is 7.15. The molecule has 0 spiro atoms. The van der Waals surface area contributed by atoms with E-state index in [9.17, 15) is 0 Å². The third kappa shape index (κ3) is 1.93. The Hall–Kier alpha value is -0.793. The van der Waals surface area contributed by atoms with Gasteiger partial charge in [-0.05, 0) is 5.19 Å². The highest BCUT2D eigenvalue weighted by Gasteiger charge is 2.19. The Morgan fingerprint density at radius 2 is 1.62 bits per heavy atom. The molecule has 0 bridgehead atoms.